The van der Waals surface area contributed by atoms with E-state index in [4.69, 9.17) is 21.4 Å². The fourth-order valence-electron chi connectivity index (χ4n) is 1.84. The average Bonchev–Trinajstić information content (AvgIpc) is 2.34. The molecule has 0 atom stereocenters. The third-order valence-electron chi connectivity index (χ3n) is 2.75. The summed E-state index contributed by atoms with van der Waals surface area (Å²) in [4.78, 5) is 0. The average molecular weight is 263 g/mol. The van der Waals surface area contributed by atoms with Gasteiger partial charge in [0.1, 0.15) is 11.5 Å². The molecule has 0 fully saturated rings. The van der Waals surface area contributed by atoms with Crippen LogP contribution in [0.5, 0.6) is 11.5 Å². The molecule has 3 heteroatoms. The first-order valence-corrected chi connectivity index (χ1v) is 6.12. The lowest BCUT2D eigenvalue weighted by atomic mass is 10.1. The van der Waals surface area contributed by atoms with Crippen molar-refractivity contribution in [1.29, 1.82) is 0 Å². The first-order chi connectivity index (χ1) is 8.60. The predicted octanol–water partition coefficient (Wildman–Crippen LogP) is 4.24. The topological polar surface area (TPSA) is 29.5 Å². The Bertz CT molecular complexity index is 524. The van der Waals surface area contributed by atoms with Crippen molar-refractivity contribution >= 4 is 11.6 Å². The summed E-state index contributed by atoms with van der Waals surface area (Å²) in [5.74, 6) is 1.58. The molecule has 2 nitrogen and oxygen atoms in total. The van der Waals surface area contributed by atoms with Crippen LogP contribution in [-0.2, 0) is 6.61 Å². The monoisotopic (exact) mass is 262 g/mol. The standard InChI is InChI=1S/C15H15ClO2/c1-10-7-13(16)8-11(2)15(10)18-14-5-3-12(9-17)4-6-14/h3-8,17H,9H2,1-2H3. The Morgan fingerprint density at radius 2 is 1.61 bits per heavy atom. The molecule has 2 aromatic carbocycles. The molecule has 1 N–H and O–H groups in total. The lowest BCUT2D eigenvalue weighted by Crippen LogP contribution is -1.92. The van der Waals surface area contributed by atoms with E-state index in [-0.39, 0.29) is 6.61 Å². The van der Waals surface area contributed by atoms with Gasteiger partial charge in [0.05, 0.1) is 6.61 Å². The molecule has 0 saturated heterocycles. The highest BCUT2D eigenvalue weighted by Gasteiger charge is 2.07. The highest BCUT2D eigenvalue weighted by Crippen LogP contribution is 2.31. The Morgan fingerprint density at radius 3 is 2.11 bits per heavy atom. The van der Waals surface area contributed by atoms with Crippen molar-refractivity contribution < 1.29 is 9.84 Å². The van der Waals surface area contributed by atoms with E-state index in [1.165, 1.54) is 0 Å². The summed E-state index contributed by atoms with van der Waals surface area (Å²) in [5, 5.41) is 9.70. The SMILES string of the molecule is Cc1cc(Cl)cc(C)c1Oc1ccc(CO)cc1. The van der Waals surface area contributed by atoms with Crippen LogP contribution in [0.1, 0.15) is 16.7 Å². The molecule has 0 saturated carbocycles. The van der Waals surface area contributed by atoms with Crippen molar-refractivity contribution in [3.05, 3.63) is 58.1 Å². The molecule has 0 spiro atoms. The lowest BCUT2D eigenvalue weighted by Gasteiger charge is -2.12. The van der Waals surface area contributed by atoms with E-state index in [0.717, 1.165) is 28.2 Å². The van der Waals surface area contributed by atoms with Crippen molar-refractivity contribution in [2.45, 2.75) is 20.5 Å². The zero-order chi connectivity index (χ0) is 13.1. The van der Waals surface area contributed by atoms with Crippen molar-refractivity contribution in [3.63, 3.8) is 0 Å². The number of benzene rings is 2. The van der Waals surface area contributed by atoms with E-state index < -0.39 is 0 Å². The molecule has 94 valence electrons. The van der Waals surface area contributed by atoms with E-state index in [1.54, 1.807) is 0 Å². The van der Waals surface area contributed by atoms with Crippen LogP contribution in [0.3, 0.4) is 0 Å². The minimum atomic E-state index is 0.0410. The van der Waals surface area contributed by atoms with Gasteiger partial charge in [0.25, 0.3) is 0 Å². The van der Waals surface area contributed by atoms with Crippen LogP contribution in [-0.4, -0.2) is 5.11 Å². The molecule has 18 heavy (non-hydrogen) atoms. The predicted molar refractivity (Wildman–Crippen MR) is 73.4 cm³/mol. The number of aryl methyl sites for hydroxylation is 2. The number of hydrogen-bond donors (Lipinski definition) is 1. The van der Waals surface area contributed by atoms with E-state index >= 15 is 0 Å². The fourth-order valence-corrected chi connectivity index (χ4v) is 2.17. The maximum atomic E-state index is 8.98. The summed E-state index contributed by atoms with van der Waals surface area (Å²) in [6.45, 7) is 3.98. The Kier molecular flexibility index (Phi) is 3.90. The lowest BCUT2D eigenvalue weighted by molar-refractivity contribution is 0.281. The summed E-state index contributed by atoms with van der Waals surface area (Å²) in [6, 6.07) is 11.1. The van der Waals surface area contributed by atoms with Gasteiger partial charge in [-0.3, -0.25) is 0 Å². The molecule has 0 bridgehead atoms. The maximum absolute atomic E-state index is 8.98. The minimum Gasteiger partial charge on any atom is -0.457 e. The van der Waals surface area contributed by atoms with Gasteiger partial charge in [0, 0.05) is 5.02 Å². The normalized spacial score (nSPS) is 10.4. The van der Waals surface area contributed by atoms with E-state index in [2.05, 4.69) is 0 Å². The number of ether oxygens (including phenoxy) is 1. The highest BCUT2D eigenvalue weighted by molar-refractivity contribution is 6.30. The molecule has 0 radical (unpaired) electrons. The molecule has 0 aliphatic carbocycles. The second-order valence-corrected chi connectivity index (χ2v) is 4.71. The van der Waals surface area contributed by atoms with Crippen LogP contribution in [0, 0.1) is 13.8 Å². The number of rotatable bonds is 3. The van der Waals surface area contributed by atoms with Gasteiger partial charge in [-0.15, -0.1) is 0 Å². The third kappa shape index (κ3) is 2.84. The van der Waals surface area contributed by atoms with E-state index in [1.807, 2.05) is 50.2 Å². The van der Waals surface area contributed by atoms with Crippen LogP contribution in [0.4, 0.5) is 0 Å². The van der Waals surface area contributed by atoms with Crippen molar-refractivity contribution in [2.75, 3.05) is 0 Å². The largest absolute Gasteiger partial charge is 0.457 e. The van der Waals surface area contributed by atoms with Crippen LogP contribution in [0.2, 0.25) is 5.02 Å². The molecule has 0 unspecified atom stereocenters. The van der Waals surface area contributed by atoms with Crippen molar-refractivity contribution in [3.8, 4) is 11.5 Å². The fraction of sp³-hybridized carbons (Fsp3) is 0.200. The summed E-state index contributed by atoms with van der Waals surface area (Å²) in [7, 11) is 0. The molecule has 2 aromatic rings. The van der Waals surface area contributed by atoms with Crippen LogP contribution < -0.4 is 4.74 Å². The second kappa shape index (κ2) is 5.42. The number of halogens is 1. The zero-order valence-electron chi connectivity index (χ0n) is 10.4. The number of aliphatic hydroxyl groups is 1. The van der Waals surface area contributed by atoms with Crippen LogP contribution in [0.25, 0.3) is 0 Å². The second-order valence-electron chi connectivity index (χ2n) is 4.27. The van der Waals surface area contributed by atoms with Gasteiger partial charge >= 0.3 is 0 Å². The molecule has 0 amide bonds. The zero-order valence-corrected chi connectivity index (χ0v) is 11.2. The molecule has 0 aliphatic heterocycles. The summed E-state index contributed by atoms with van der Waals surface area (Å²) >= 11 is 5.98. The van der Waals surface area contributed by atoms with E-state index in [9.17, 15) is 0 Å². The van der Waals surface area contributed by atoms with Crippen molar-refractivity contribution in [2.24, 2.45) is 0 Å². The Labute approximate surface area is 112 Å². The summed E-state index contributed by atoms with van der Waals surface area (Å²) in [5.41, 5.74) is 2.88. The maximum Gasteiger partial charge on any atom is 0.133 e. The summed E-state index contributed by atoms with van der Waals surface area (Å²) in [6.07, 6.45) is 0. The Morgan fingerprint density at radius 1 is 1.06 bits per heavy atom. The van der Waals surface area contributed by atoms with Gasteiger partial charge < -0.3 is 9.84 Å². The smallest absolute Gasteiger partial charge is 0.133 e. The van der Waals surface area contributed by atoms with Crippen LogP contribution >= 0.6 is 11.6 Å². The van der Waals surface area contributed by atoms with E-state index in [0.29, 0.717) is 5.02 Å². The number of hydrogen-bond acceptors (Lipinski definition) is 2. The first kappa shape index (κ1) is 12.9. The molecule has 0 aliphatic rings. The van der Waals surface area contributed by atoms with Gasteiger partial charge in [0.15, 0.2) is 0 Å². The molecule has 2 rings (SSSR count). The summed E-state index contributed by atoms with van der Waals surface area (Å²) < 4.78 is 5.85. The quantitative estimate of drug-likeness (QED) is 0.896. The molecular formula is C15H15ClO2. The molecule has 0 heterocycles. The Hall–Kier alpha value is -1.51. The van der Waals surface area contributed by atoms with Gasteiger partial charge in [-0.1, -0.05) is 23.7 Å². The molecule has 0 aromatic heterocycles. The van der Waals surface area contributed by atoms with Crippen molar-refractivity contribution in [1.82, 2.24) is 0 Å². The van der Waals surface area contributed by atoms with Crippen LogP contribution in [0.15, 0.2) is 36.4 Å². The van der Waals surface area contributed by atoms with Gasteiger partial charge in [-0.2, -0.15) is 0 Å². The third-order valence-corrected chi connectivity index (χ3v) is 2.97. The number of aliphatic hydroxyl groups excluding tert-OH is 1. The minimum absolute atomic E-state index is 0.0410. The molecular weight excluding hydrogens is 248 g/mol. The van der Waals surface area contributed by atoms with Gasteiger partial charge in [-0.25, -0.2) is 0 Å². The van der Waals surface area contributed by atoms with Gasteiger partial charge in [0.2, 0.25) is 0 Å². The Balaban J connectivity index is 2.28. The van der Waals surface area contributed by atoms with Gasteiger partial charge in [-0.05, 0) is 54.8 Å². The highest BCUT2D eigenvalue weighted by atomic mass is 35.5. The first-order valence-electron chi connectivity index (χ1n) is 5.74.